The molecule has 0 aliphatic heterocycles. The first-order chi connectivity index (χ1) is 4.68. The zero-order valence-corrected chi connectivity index (χ0v) is 7.02. The summed E-state index contributed by atoms with van der Waals surface area (Å²) in [6.07, 6.45) is 5.06. The maximum Gasteiger partial charge on any atom is 0.0574 e. The number of hydrogen-bond donors (Lipinski definition) is 1. The van der Waals surface area contributed by atoms with E-state index in [-0.39, 0.29) is 0 Å². The molecule has 0 spiro atoms. The highest BCUT2D eigenvalue weighted by atomic mass is 15.1. The van der Waals surface area contributed by atoms with Crippen LogP contribution in [0.4, 0.5) is 0 Å². The summed E-state index contributed by atoms with van der Waals surface area (Å²) in [6.45, 7) is 3.78. The zero-order chi connectivity index (χ0) is 7.98. The van der Waals surface area contributed by atoms with Crippen molar-refractivity contribution in [3.05, 3.63) is 0 Å². The molecule has 0 amide bonds. The van der Waals surface area contributed by atoms with Crippen molar-refractivity contribution in [2.75, 3.05) is 27.2 Å². The molecule has 0 fully saturated rings. The van der Waals surface area contributed by atoms with E-state index in [2.05, 4.69) is 37.2 Å². The summed E-state index contributed by atoms with van der Waals surface area (Å²) in [7, 11) is 4.12. The van der Waals surface area contributed by atoms with E-state index < -0.39 is 0 Å². The lowest BCUT2D eigenvalue weighted by Crippen LogP contribution is -2.35. The molecular formula is C8H16N2. The van der Waals surface area contributed by atoms with Gasteiger partial charge in [-0.3, -0.25) is 0 Å². The van der Waals surface area contributed by atoms with Crippen LogP contribution in [0.1, 0.15) is 6.92 Å². The Morgan fingerprint density at radius 2 is 2.20 bits per heavy atom. The van der Waals surface area contributed by atoms with Gasteiger partial charge < -0.3 is 10.2 Å². The van der Waals surface area contributed by atoms with Crippen LogP contribution in [-0.2, 0) is 0 Å². The van der Waals surface area contributed by atoms with Crippen molar-refractivity contribution in [1.29, 1.82) is 0 Å². The summed E-state index contributed by atoms with van der Waals surface area (Å²) in [5, 5.41) is 3.14. The van der Waals surface area contributed by atoms with E-state index in [4.69, 9.17) is 6.42 Å². The van der Waals surface area contributed by atoms with Crippen molar-refractivity contribution < 1.29 is 0 Å². The molecule has 0 aliphatic carbocycles. The summed E-state index contributed by atoms with van der Waals surface area (Å²) in [4.78, 5) is 2.16. The van der Waals surface area contributed by atoms with Gasteiger partial charge in [-0.15, -0.1) is 6.42 Å². The molecule has 0 aromatic heterocycles. The van der Waals surface area contributed by atoms with E-state index >= 15 is 0 Å². The average molecular weight is 140 g/mol. The van der Waals surface area contributed by atoms with Gasteiger partial charge in [-0.25, -0.2) is 0 Å². The van der Waals surface area contributed by atoms with Crippen LogP contribution in [0.3, 0.4) is 0 Å². The Balaban J connectivity index is 3.23. The largest absolute Gasteiger partial charge is 0.305 e. The van der Waals surface area contributed by atoms with Crippen LogP contribution >= 0.6 is 0 Å². The molecular weight excluding hydrogens is 124 g/mol. The van der Waals surface area contributed by atoms with E-state index in [0.29, 0.717) is 12.6 Å². The highest BCUT2D eigenvalue weighted by molar-refractivity contribution is 4.86. The zero-order valence-electron chi connectivity index (χ0n) is 7.02. The standard InChI is InChI=1S/C8H16N2/c1-5-6-9-7-8(2)10(3)4/h1,8-9H,6-7H2,2-4H3. The van der Waals surface area contributed by atoms with E-state index in [0.717, 1.165) is 6.54 Å². The fraction of sp³-hybridized carbons (Fsp3) is 0.750. The minimum Gasteiger partial charge on any atom is -0.305 e. The second kappa shape index (κ2) is 5.28. The number of terminal acetylenes is 1. The number of rotatable bonds is 4. The number of nitrogens with zero attached hydrogens (tertiary/aromatic N) is 1. The third-order valence-electron chi connectivity index (χ3n) is 1.55. The molecule has 0 aromatic carbocycles. The minimum atomic E-state index is 0.549. The first kappa shape index (κ1) is 9.48. The molecule has 2 nitrogen and oxygen atoms in total. The lowest BCUT2D eigenvalue weighted by Gasteiger charge is -2.19. The van der Waals surface area contributed by atoms with Gasteiger partial charge in [-0.05, 0) is 21.0 Å². The molecule has 2 heteroatoms. The monoisotopic (exact) mass is 140 g/mol. The van der Waals surface area contributed by atoms with Crippen LogP contribution < -0.4 is 5.32 Å². The Morgan fingerprint density at radius 3 is 2.60 bits per heavy atom. The molecule has 0 saturated heterocycles. The maximum absolute atomic E-state index is 5.06. The lowest BCUT2D eigenvalue weighted by atomic mass is 10.3. The smallest absolute Gasteiger partial charge is 0.0574 e. The highest BCUT2D eigenvalue weighted by Crippen LogP contribution is 1.86. The van der Waals surface area contributed by atoms with Gasteiger partial charge in [-0.1, -0.05) is 5.92 Å². The van der Waals surface area contributed by atoms with Crippen LogP contribution in [0.2, 0.25) is 0 Å². The first-order valence-corrected chi connectivity index (χ1v) is 3.49. The van der Waals surface area contributed by atoms with Crippen LogP contribution in [0.25, 0.3) is 0 Å². The molecule has 0 saturated carbocycles. The summed E-state index contributed by atoms with van der Waals surface area (Å²) >= 11 is 0. The Labute approximate surface area is 63.6 Å². The molecule has 1 N–H and O–H groups in total. The fourth-order valence-electron chi connectivity index (χ4n) is 0.536. The number of hydrogen-bond acceptors (Lipinski definition) is 2. The van der Waals surface area contributed by atoms with Gasteiger partial charge in [0.2, 0.25) is 0 Å². The van der Waals surface area contributed by atoms with Crippen LogP contribution in [0.15, 0.2) is 0 Å². The average Bonchev–Trinajstić information content (AvgIpc) is 1.88. The molecule has 0 aliphatic rings. The molecule has 0 heterocycles. The predicted molar refractivity (Wildman–Crippen MR) is 44.9 cm³/mol. The van der Waals surface area contributed by atoms with Crippen LogP contribution in [0.5, 0.6) is 0 Å². The van der Waals surface area contributed by atoms with Crippen molar-refractivity contribution in [3.8, 4) is 12.3 Å². The van der Waals surface area contributed by atoms with E-state index in [1.165, 1.54) is 0 Å². The van der Waals surface area contributed by atoms with Gasteiger partial charge in [0, 0.05) is 12.6 Å². The second-order valence-corrected chi connectivity index (χ2v) is 2.65. The summed E-state index contributed by atoms with van der Waals surface area (Å²) in [5.74, 6) is 2.53. The third-order valence-corrected chi connectivity index (χ3v) is 1.55. The van der Waals surface area contributed by atoms with Gasteiger partial charge in [-0.2, -0.15) is 0 Å². The number of likely N-dealkylation sites (N-methyl/N-ethyl adjacent to an activating group) is 1. The van der Waals surface area contributed by atoms with Crippen molar-refractivity contribution in [2.45, 2.75) is 13.0 Å². The third kappa shape index (κ3) is 4.37. The van der Waals surface area contributed by atoms with Crippen molar-refractivity contribution in [3.63, 3.8) is 0 Å². The Hall–Kier alpha value is -0.520. The van der Waals surface area contributed by atoms with Crippen molar-refractivity contribution in [1.82, 2.24) is 10.2 Å². The van der Waals surface area contributed by atoms with Gasteiger partial charge in [0.1, 0.15) is 0 Å². The van der Waals surface area contributed by atoms with E-state index in [9.17, 15) is 0 Å². The quantitative estimate of drug-likeness (QED) is 0.442. The summed E-state index contributed by atoms with van der Waals surface area (Å²) < 4.78 is 0. The normalized spacial score (nSPS) is 13.1. The minimum absolute atomic E-state index is 0.549. The van der Waals surface area contributed by atoms with Crippen molar-refractivity contribution in [2.24, 2.45) is 0 Å². The van der Waals surface area contributed by atoms with E-state index in [1.54, 1.807) is 0 Å². The molecule has 58 valence electrons. The van der Waals surface area contributed by atoms with Crippen LogP contribution in [0, 0.1) is 12.3 Å². The summed E-state index contributed by atoms with van der Waals surface area (Å²) in [6, 6.07) is 0.549. The van der Waals surface area contributed by atoms with Crippen molar-refractivity contribution >= 4 is 0 Å². The molecule has 0 bridgehead atoms. The Bertz CT molecular complexity index is 113. The molecule has 1 unspecified atom stereocenters. The van der Waals surface area contributed by atoms with Gasteiger partial charge in [0.25, 0.3) is 0 Å². The van der Waals surface area contributed by atoms with Gasteiger partial charge in [0.05, 0.1) is 6.54 Å². The molecule has 0 aromatic rings. The van der Waals surface area contributed by atoms with Crippen LogP contribution in [-0.4, -0.2) is 38.1 Å². The molecule has 0 radical (unpaired) electrons. The predicted octanol–water partition coefficient (Wildman–Crippen LogP) is 0.159. The van der Waals surface area contributed by atoms with Gasteiger partial charge in [0.15, 0.2) is 0 Å². The van der Waals surface area contributed by atoms with E-state index in [1.807, 2.05) is 0 Å². The number of nitrogens with one attached hydrogen (secondary N) is 1. The molecule has 10 heavy (non-hydrogen) atoms. The fourth-order valence-corrected chi connectivity index (χ4v) is 0.536. The Morgan fingerprint density at radius 1 is 1.60 bits per heavy atom. The van der Waals surface area contributed by atoms with Gasteiger partial charge >= 0.3 is 0 Å². The lowest BCUT2D eigenvalue weighted by molar-refractivity contribution is 0.306. The summed E-state index contributed by atoms with van der Waals surface area (Å²) in [5.41, 5.74) is 0. The second-order valence-electron chi connectivity index (χ2n) is 2.65. The topological polar surface area (TPSA) is 15.3 Å². The SMILES string of the molecule is C#CCNCC(C)N(C)C. The molecule has 0 rings (SSSR count). The Kier molecular flexibility index (Phi) is 5.00. The molecule has 1 atom stereocenters. The maximum atomic E-state index is 5.06. The first-order valence-electron chi connectivity index (χ1n) is 3.49. The highest BCUT2D eigenvalue weighted by Gasteiger charge is 2.00.